The van der Waals surface area contributed by atoms with Crippen LogP contribution in [0, 0.1) is 0 Å². The minimum absolute atomic E-state index is 0.105. The molecule has 1 aliphatic carbocycles. The molecule has 184 valence electrons. The number of hydrogen-bond donors (Lipinski definition) is 1. The van der Waals surface area contributed by atoms with Crippen molar-refractivity contribution in [3.63, 3.8) is 0 Å². The summed E-state index contributed by atoms with van der Waals surface area (Å²) in [6, 6.07) is 36.1. The van der Waals surface area contributed by atoms with E-state index < -0.39 is 0 Å². The first-order valence-corrected chi connectivity index (χ1v) is 12.9. The highest BCUT2D eigenvalue weighted by atomic mass is 16.1. The maximum absolute atomic E-state index is 13.6. The van der Waals surface area contributed by atoms with Gasteiger partial charge < -0.3 is 4.98 Å². The largest absolute Gasteiger partial charge is 0.307 e. The molecule has 3 heterocycles. The number of fused-ring (bicyclic) bond motifs is 7. The van der Waals surface area contributed by atoms with Crippen molar-refractivity contribution < 1.29 is 0 Å². The Morgan fingerprint density at radius 3 is 2.00 bits per heavy atom. The molecule has 6 nitrogen and oxygen atoms in total. The minimum atomic E-state index is -0.105. The number of para-hydroxylation sites is 1. The normalized spacial score (nSPS) is 12.1. The van der Waals surface area contributed by atoms with E-state index in [1.54, 1.807) is 0 Å². The standard InChI is InChI=1S/C33H21N5O/c39-32-28-23-16-8-7-15-22(23)19-25(28)27-24-17-9-10-18-26(24)38(31(27)37-32)33-35-29(20-11-3-1-4-12-20)34-30(36-33)21-13-5-2-6-14-21/h1-18H,19H2,(H,37,39). The fourth-order valence-electron chi connectivity index (χ4n) is 5.77. The number of nitrogens with one attached hydrogen (secondary N) is 1. The molecule has 0 saturated heterocycles. The number of benzene rings is 4. The molecule has 8 rings (SSSR count). The monoisotopic (exact) mass is 503 g/mol. The maximum Gasteiger partial charge on any atom is 0.257 e. The minimum Gasteiger partial charge on any atom is -0.307 e. The highest BCUT2D eigenvalue weighted by Crippen LogP contribution is 2.41. The van der Waals surface area contributed by atoms with E-state index >= 15 is 0 Å². The quantitative estimate of drug-likeness (QED) is 0.296. The fraction of sp³-hybridized carbons (Fsp3) is 0.0303. The van der Waals surface area contributed by atoms with Crippen LogP contribution in [0.4, 0.5) is 0 Å². The lowest BCUT2D eigenvalue weighted by atomic mass is 10.0. The van der Waals surface area contributed by atoms with Crippen molar-refractivity contribution in [2.45, 2.75) is 6.42 Å². The van der Waals surface area contributed by atoms with Crippen molar-refractivity contribution in [2.75, 3.05) is 0 Å². The highest BCUT2D eigenvalue weighted by molar-refractivity contribution is 6.11. The molecule has 1 aliphatic rings. The summed E-state index contributed by atoms with van der Waals surface area (Å²) in [4.78, 5) is 31.6. The summed E-state index contributed by atoms with van der Waals surface area (Å²) >= 11 is 0. The van der Waals surface area contributed by atoms with Crippen LogP contribution in [0.1, 0.15) is 11.1 Å². The van der Waals surface area contributed by atoms with Crippen molar-refractivity contribution in [2.24, 2.45) is 0 Å². The summed E-state index contributed by atoms with van der Waals surface area (Å²) in [5, 5.41) is 2.08. The van der Waals surface area contributed by atoms with E-state index in [2.05, 4.69) is 23.2 Å². The molecule has 0 radical (unpaired) electrons. The van der Waals surface area contributed by atoms with E-state index in [1.165, 1.54) is 5.56 Å². The van der Waals surface area contributed by atoms with Gasteiger partial charge in [0.05, 0.1) is 11.1 Å². The smallest absolute Gasteiger partial charge is 0.257 e. The Labute approximate surface area is 223 Å². The van der Waals surface area contributed by atoms with Crippen LogP contribution >= 0.6 is 0 Å². The number of nitrogens with zero attached hydrogens (tertiary/aromatic N) is 4. The topological polar surface area (TPSA) is 76.5 Å². The summed E-state index contributed by atoms with van der Waals surface area (Å²) in [5.41, 5.74) is 7.27. The van der Waals surface area contributed by atoms with Crippen LogP contribution in [-0.2, 0) is 6.42 Å². The molecule has 6 heteroatoms. The molecule has 0 unspecified atom stereocenters. The molecule has 4 aromatic carbocycles. The number of pyridine rings is 1. The molecular formula is C33H21N5O. The lowest BCUT2D eigenvalue weighted by molar-refractivity contribution is 0.942. The summed E-state index contributed by atoms with van der Waals surface area (Å²) in [6.07, 6.45) is 0.710. The second-order valence-electron chi connectivity index (χ2n) is 9.73. The number of hydrogen-bond acceptors (Lipinski definition) is 4. The van der Waals surface area contributed by atoms with Crippen LogP contribution in [0.2, 0.25) is 0 Å². The number of aromatic amines is 1. The van der Waals surface area contributed by atoms with E-state index in [0.717, 1.165) is 44.1 Å². The van der Waals surface area contributed by atoms with Gasteiger partial charge in [0.15, 0.2) is 11.6 Å². The molecule has 0 bridgehead atoms. The van der Waals surface area contributed by atoms with Crippen LogP contribution in [0.3, 0.4) is 0 Å². The average Bonchev–Trinajstić information content (AvgIpc) is 3.54. The first-order chi connectivity index (χ1) is 19.3. The van der Waals surface area contributed by atoms with Gasteiger partial charge in [0.2, 0.25) is 5.95 Å². The molecule has 0 spiro atoms. The zero-order valence-corrected chi connectivity index (χ0v) is 20.8. The van der Waals surface area contributed by atoms with E-state index in [-0.39, 0.29) is 5.56 Å². The third-order valence-corrected chi connectivity index (χ3v) is 7.48. The van der Waals surface area contributed by atoms with Crippen molar-refractivity contribution in [1.29, 1.82) is 0 Å². The molecule has 0 fully saturated rings. The SMILES string of the molecule is O=c1[nH]c2c(c3c1-c1ccccc1C3)c1ccccc1n2-c1nc(-c2ccccc2)nc(-c2ccccc2)n1. The van der Waals surface area contributed by atoms with Gasteiger partial charge in [-0.25, -0.2) is 4.98 Å². The van der Waals surface area contributed by atoms with E-state index in [9.17, 15) is 4.79 Å². The third kappa shape index (κ3) is 3.28. The zero-order chi connectivity index (χ0) is 25.9. The van der Waals surface area contributed by atoms with Crippen LogP contribution in [0.5, 0.6) is 0 Å². The first-order valence-electron chi connectivity index (χ1n) is 12.9. The second-order valence-corrected chi connectivity index (χ2v) is 9.73. The molecule has 1 N–H and O–H groups in total. The summed E-state index contributed by atoms with van der Waals surface area (Å²) in [7, 11) is 0. The van der Waals surface area contributed by atoms with Crippen LogP contribution in [-0.4, -0.2) is 24.5 Å². The Bertz CT molecular complexity index is 2050. The third-order valence-electron chi connectivity index (χ3n) is 7.48. The van der Waals surface area contributed by atoms with Crippen LogP contribution in [0.25, 0.3) is 61.8 Å². The lowest BCUT2D eigenvalue weighted by Crippen LogP contribution is -2.13. The molecule has 0 amide bonds. The number of rotatable bonds is 3. The molecule has 7 aromatic rings. The van der Waals surface area contributed by atoms with Gasteiger partial charge in [0.25, 0.3) is 5.56 Å². The van der Waals surface area contributed by atoms with Gasteiger partial charge in [-0.2, -0.15) is 9.97 Å². The van der Waals surface area contributed by atoms with E-state index in [1.807, 2.05) is 95.6 Å². The van der Waals surface area contributed by atoms with Crippen LogP contribution in [0.15, 0.2) is 114 Å². The maximum atomic E-state index is 13.6. The second kappa shape index (κ2) is 8.33. The Hall–Kier alpha value is -5.36. The van der Waals surface area contributed by atoms with Crippen molar-refractivity contribution in [1.82, 2.24) is 24.5 Å². The summed E-state index contributed by atoms with van der Waals surface area (Å²) in [6.45, 7) is 0. The molecular weight excluding hydrogens is 482 g/mol. The van der Waals surface area contributed by atoms with Crippen molar-refractivity contribution in [3.05, 3.63) is 131 Å². The highest BCUT2D eigenvalue weighted by Gasteiger charge is 2.28. The number of H-pyrrole nitrogens is 1. The molecule has 39 heavy (non-hydrogen) atoms. The first kappa shape index (κ1) is 21.7. The Kier molecular flexibility index (Phi) is 4.63. The molecule has 0 saturated carbocycles. The summed E-state index contributed by atoms with van der Waals surface area (Å²) < 4.78 is 1.97. The van der Waals surface area contributed by atoms with Gasteiger partial charge in [0.1, 0.15) is 5.65 Å². The van der Waals surface area contributed by atoms with E-state index in [0.29, 0.717) is 29.7 Å². The Morgan fingerprint density at radius 1 is 0.667 bits per heavy atom. The Morgan fingerprint density at radius 2 is 1.28 bits per heavy atom. The van der Waals surface area contributed by atoms with Crippen molar-refractivity contribution in [3.8, 4) is 39.9 Å². The van der Waals surface area contributed by atoms with Crippen molar-refractivity contribution >= 4 is 21.9 Å². The van der Waals surface area contributed by atoms with Gasteiger partial charge in [-0.1, -0.05) is 103 Å². The van der Waals surface area contributed by atoms with Gasteiger partial charge in [-0.3, -0.25) is 9.36 Å². The predicted molar refractivity (Wildman–Crippen MR) is 154 cm³/mol. The van der Waals surface area contributed by atoms with Gasteiger partial charge in [-0.05, 0) is 29.2 Å². The Balaban J connectivity index is 1.47. The molecule has 3 aromatic heterocycles. The fourth-order valence-corrected chi connectivity index (χ4v) is 5.77. The van der Waals surface area contributed by atoms with E-state index in [4.69, 9.17) is 15.0 Å². The number of aromatic nitrogens is 5. The predicted octanol–water partition coefficient (Wildman–Crippen LogP) is 6.56. The van der Waals surface area contributed by atoms with Crippen LogP contribution < -0.4 is 5.56 Å². The molecule has 0 atom stereocenters. The van der Waals surface area contributed by atoms with Gasteiger partial charge in [-0.15, -0.1) is 0 Å². The van der Waals surface area contributed by atoms with Gasteiger partial charge >= 0.3 is 0 Å². The lowest BCUT2D eigenvalue weighted by Gasteiger charge is -2.11. The summed E-state index contributed by atoms with van der Waals surface area (Å²) in [5.74, 6) is 1.60. The molecule has 0 aliphatic heterocycles. The zero-order valence-electron chi connectivity index (χ0n) is 20.8. The van der Waals surface area contributed by atoms with Gasteiger partial charge in [0, 0.05) is 21.9 Å². The average molecular weight is 504 g/mol.